The van der Waals surface area contributed by atoms with E-state index >= 15 is 0 Å². The van der Waals surface area contributed by atoms with Crippen LogP contribution < -0.4 is 5.32 Å². The van der Waals surface area contributed by atoms with Gasteiger partial charge in [0.25, 0.3) is 0 Å². The molecule has 0 spiro atoms. The van der Waals surface area contributed by atoms with Crippen molar-refractivity contribution >= 4 is 0 Å². The van der Waals surface area contributed by atoms with Crippen LogP contribution in [0, 0.1) is 0 Å². The fraction of sp³-hybridized carbons (Fsp3) is 1.00. The van der Waals surface area contributed by atoms with Gasteiger partial charge in [0.05, 0.1) is 0 Å². The summed E-state index contributed by atoms with van der Waals surface area (Å²) in [5.74, 6) is 0. The van der Waals surface area contributed by atoms with Crippen molar-refractivity contribution in [1.82, 2.24) is 15.1 Å². The molecular formula is C13H29N3. The fourth-order valence-corrected chi connectivity index (χ4v) is 2.37. The van der Waals surface area contributed by atoms with Gasteiger partial charge in [0, 0.05) is 25.7 Å². The largest absolute Gasteiger partial charge is 0.313 e. The molecule has 1 aliphatic heterocycles. The van der Waals surface area contributed by atoms with Gasteiger partial charge in [-0.15, -0.1) is 0 Å². The fourth-order valence-electron chi connectivity index (χ4n) is 2.37. The molecule has 96 valence electrons. The van der Waals surface area contributed by atoms with Gasteiger partial charge in [-0.05, 0) is 39.0 Å². The van der Waals surface area contributed by atoms with Crippen LogP contribution in [-0.4, -0.2) is 61.7 Å². The Morgan fingerprint density at radius 1 is 1.25 bits per heavy atom. The smallest absolute Gasteiger partial charge is 0.0207 e. The molecule has 1 atom stereocenters. The van der Waals surface area contributed by atoms with Crippen LogP contribution in [0.3, 0.4) is 0 Å². The predicted molar refractivity (Wildman–Crippen MR) is 70.9 cm³/mol. The lowest BCUT2D eigenvalue weighted by molar-refractivity contribution is 0.238. The molecule has 0 saturated carbocycles. The number of nitrogens with zero attached hydrogens (tertiary/aromatic N) is 2. The Morgan fingerprint density at radius 3 is 2.62 bits per heavy atom. The van der Waals surface area contributed by atoms with E-state index in [-0.39, 0.29) is 0 Å². The van der Waals surface area contributed by atoms with E-state index in [1.807, 2.05) is 0 Å². The molecule has 0 aromatic carbocycles. The highest BCUT2D eigenvalue weighted by Gasteiger charge is 2.21. The summed E-state index contributed by atoms with van der Waals surface area (Å²) in [5, 5.41) is 3.62. The predicted octanol–water partition coefficient (Wildman–Crippen LogP) is 1.40. The molecule has 3 heteroatoms. The molecule has 3 nitrogen and oxygen atoms in total. The third-order valence-electron chi connectivity index (χ3n) is 3.58. The van der Waals surface area contributed by atoms with Crippen molar-refractivity contribution in [1.29, 1.82) is 0 Å². The van der Waals surface area contributed by atoms with Gasteiger partial charge in [0.15, 0.2) is 0 Å². The second-order valence-corrected chi connectivity index (χ2v) is 4.77. The summed E-state index contributed by atoms with van der Waals surface area (Å²) in [4.78, 5) is 5.11. The Morgan fingerprint density at radius 2 is 2.00 bits per heavy atom. The summed E-state index contributed by atoms with van der Waals surface area (Å²) in [6.07, 6.45) is 2.58. The van der Waals surface area contributed by atoms with Gasteiger partial charge < -0.3 is 15.1 Å². The third kappa shape index (κ3) is 4.81. The average Bonchev–Trinajstić information content (AvgIpc) is 2.76. The van der Waals surface area contributed by atoms with E-state index in [0.29, 0.717) is 0 Å². The zero-order valence-electron chi connectivity index (χ0n) is 11.3. The summed E-state index contributed by atoms with van der Waals surface area (Å²) in [7, 11) is 0. The molecule has 0 aliphatic carbocycles. The molecule has 0 aromatic heterocycles. The first-order chi connectivity index (χ1) is 7.80. The molecule has 1 saturated heterocycles. The Kier molecular flexibility index (Phi) is 7.01. The molecule has 0 amide bonds. The molecular weight excluding hydrogens is 198 g/mol. The van der Waals surface area contributed by atoms with E-state index in [4.69, 9.17) is 0 Å². The van der Waals surface area contributed by atoms with Crippen molar-refractivity contribution in [3.8, 4) is 0 Å². The molecule has 0 aromatic rings. The van der Waals surface area contributed by atoms with Crippen LogP contribution in [0.2, 0.25) is 0 Å². The summed E-state index contributed by atoms with van der Waals surface area (Å²) >= 11 is 0. The van der Waals surface area contributed by atoms with E-state index < -0.39 is 0 Å². The number of hydrogen-bond acceptors (Lipinski definition) is 3. The van der Waals surface area contributed by atoms with Crippen molar-refractivity contribution in [3.05, 3.63) is 0 Å². The van der Waals surface area contributed by atoms with Crippen LogP contribution in [0.15, 0.2) is 0 Å². The van der Waals surface area contributed by atoms with Crippen molar-refractivity contribution < 1.29 is 0 Å². The van der Waals surface area contributed by atoms with Crippen molar-refractivity contribution in [2.45, 2.75) is 39.7 Å². The Hall–Kier alpha value is -0.120. The molecule has 1 N–H and O–H groups in total. The minimum atomic E-state index is 0.747. The standard InChI is InChI=1S/C13H29N3/c1-4-8-14-13-7-9-16(12-13)11-10-15(5-2)6-3/h13-14H,4-12H2,1-3H3. The summed E-state index contributed by atoms with van der Waals surface area (Å²) < 4.78 is 0. The summed E-state index contributed by atoms with van der Waals surface area (Å²) in [5.41, 5.74) is 0. The summed E-state index contributed by atoms with van der Waals surface area (Å²) in [6, 6.07) is 0.747. The van der Waals surface area contributed by atoms with Crippen molar-refractivity contribution in [2.75, 3.05) is 45.8 Å². The van der Waals surface area contributed by atoms with Crippen LogP contribution in [-0.2, 0) is 0 Å². The molecule has 1 rings (SSSR count). The third-order valence-corrected chi connectivity index (χ3v) is 3.58. The lowest BCUT2D eigenvalue weighted by atomic mass is 10.2. The lowest BCUT2D eigenvalue weighted by Gasteiger charge is -2.22. The monoisotopic (exact) mass is 227 g/mol. The molecule has 1 heterocycles. The first-order valence-electron chi connectivity index (χ1n) is 6.98. The van der Waals surface area contributed by atoms with Crippen molar-refractivity contribution in [2.24, 2.45) is 0 Å². The number of likely N-dealkylation sites (N-methyl/N-ethyl adjacent to an activating group) is 1. The van der Waals surface area contributed by atoms with E-state index in [0.717, 1.165) is 6.04 Å². The Balaban J connectivity index is 2.11. The zero-order chi connectivity index (χ0) is 11.8. The first-order valence-corrected chi connectivity index (χ1v) is 6.98. The molecule has 16 heavy (non-hydrogen) atoms. The minimum absolute atomic E-state index is 0.747. The highest BCUT2D eigenvalue weighted by atomic mass is 15.2. The second kappa shape index (κ2) is 8.04. The first kappa shape index (κ1) is 13.9. The topological polar surface area (TPSA) is 18.5 Å². The van der Waals surface area contributed by atoms with E-state index in [1.165, 1.54) is 58.7 Å². The van der Waals surface area contributed by atoms with Gasteiger partial charge in [-0.25, -0.2) is 0 Å². The van der Waals surface area contributed by atoms with E-state index in [9.17, 15) is 0 Å². The highest BCUT2D eigenvalue weighted by molar-refractivity contribution is 4.81. The molecule has 1 fully saturated rings. The molecule has 0 bridgehead atoms. The van der Waals surface area contributed by atoms with E-state index in [2.05, 4.69) is 35.9 Å². The zero-order valence-corrected chi connectivity index (χ0v) is 11.3. The second-order valence-electron chi connectivity index (χ2n) is 4.77. The van der Waals surface area contributed by atoms with E-state index in [1.54, 1.807) is 0 Å². The quantitative estimate of drug-likeness (QED) is 0.676. The number of nitrogens with one attached hydrogen (secondary N) is 1. The van der Waals surface area contributed by atoms with Crippen LogP contribution in [0.1, 0.15) is 33.6 Å². The van der Waals surface area contributed by atoms with Gasteiger partial charge in [0.1, 0.15) is 0 Å². The van der Waals surface area contributed by atoms with Crippen LogP contribution in [0.5, 0.6) is 0 Å². The van der Waals surface area contributed by atoms with Crippen molar-refractivity contribution in [3.63, 3.8) is 0 Å². The SMILES string of the molecule is CCCNC1CCN(CCN(CC)CC)C1. The van der Waals surface area contributed by atoms with Crippen LogP contribution in [0.4, 0.5) is 0 Å². The Labute approximate surface area is 101 Å². The van der Waals surface area contributed by atoms with Gasteiger partial charge in [0.2, 0.25) is 0 Å². The normalized spacial score (nSPS) is 22.1. The molecule has 1 aliphatic rings. The summed E-state index contributed by atoms with van der Waals surface area (Å²) in [6.45, 7) is 15.3. The van der Waals surface area contributed by atoms with Crippen LogP contribution >= 0.6 is 0 Å². The Bertz CT molecular complexity index is 169. The van der Waals surface area contributed by atoms with Gasteiger partial charge in [-0.1, -0.05) is 20.8 Å². The van der Waals surface area contributed by atoms with Gasteiger partial charge >= 0.3 is 0 Å². The molecule has 0 radical (unpaired) electrons. The highest BCUT2D eigenvalue weighted by Crippen LogP contribution is 2.08. The average molecular weight is 227 g/mol. The maximum Gasteiger partial charge on any atom is 0.0207 e. The lowest BCUT2D eigenvalue weighted by Crippen LogP contribution is -2.37. The maximum absolute atomic E-state index is 3.62. The number of hydrogen-bond donors (Lipinski definition) is 1. The van der Waals surface area contributed by atoms with Gasteiger partial charge in [-0.2, -0.15) is 0 Å². The van der Waals surface area contributed by atoms with Gasteiger partial charge in [-0.3, -0.25) is 0 Å². The number of likely N-dealkylation sites (tertiary alicyclic amines) is 1. The number of rotatable bonds is 8. The minimum Gasteiger partial charge on any atom is -0.313 e. The van der Waals surface area contributed by atoms with Crippen LogP contribution in [0.25, 0.3) is 0 Å². The maximum atomic E-state index is 3.62. The molecule has 1 unspecified atom stereocenters.